The number of carbonyl (C=O) groups excluding carboxylic acids is 1. The maximum atomic E-state index is 13.5. The van der Waals surface area contributed by atoms with E-state index in [2.05, 4.69) is 20.6 Å². The normalized spacial score (nSPS) is 14.7. The predicted molar refractivity (Wildman–Crippen MR) is 113 cm³/mol. The zero-order chi connectivity index (χ0) is 20.1. The summed E-state index contributed by atoms with van der Waals surface area (Å²) < 4.78 is 13.5. The largest absolute Gasteiger partial charge is 0.369 e. The number of anilines is 2. The number of benzene rings is 2. The lowest BCUT2D eigenvalue weighted by Gasteiger charge is -2.20. The second-order valence-corrected chi connectivity index (χ2v) is 7.58. The van der Waals surface area contributed by atoms with Gasteiger partial charge in [-0.25, -0.2) is 14.4 Å². The number of fused-ring (bicyclic) bond motifs is 1. The van der Waals surface area contributed by atoms with Crippen LogP contribution in [-0.2, 0) is 11.2 Å². The quantitative estimate of drug-likeness (QED) is 0.623. The molecule has 6 heteroatoms. The SMILES string of the molecule is O=C(Nc1ccc(CCNc2ncnc3ccc(F)cc23)cc1)C1CCCCC1. The van der Waals surface area contributed by atoms with Crippen LogP contribution >= 0.6 is 0 Å². The summed E-state index contributed by atoms with van der Waals surface area (Å²) in [5.74, 6) is 0.620. The van der Waals surface area contributed by atoms with Crippen molar-refractivity contribution < 1.29 is 9.18 Å². The topological polar surface area (TPSA) is 66.9 Å². The van der Waals surface area contributed by atoms with E-state index in [0.717, 1.165) is 43.4 Å². The lowest BCUT2D eigenvalue weighted by molar-refractivity contribution is -0.120. The number of aromatic nitrogens is 2. The molecule has 5 nitrogen and oxygen atoms in total. The molecule has 1 aromatic heterocycles. The first-order valence-electron chi connectivity index (χ1n) is 10.2. The van der Waals surface area contributed by atoms with Crippen LogP contribution in [0.2, 0.25) is 0 Å². The lowest BCUT2D eigenvalue weighted by Crippen LogP contribution is -2.24. The third-order valence-electron chi connectivity index (χ3n) is 5.50. The Morgan fingerprint density at radius 2 is 1.83 bits per heavy atom. The van der Waals surface area contributed by atoms with Crippen molar-refractivity contribution in [2.24, 2.45) is 5.92 Å². The minimum atomic E-state index is -0.304. The Hall–Kier alpha value is -3.02. The van der Waals surface area contributed by atoms with Crippen LogP contribution in [-0.4, -0.2) is 22.4 Å². The Kier molecular flexibility index (Phi) is 5.98. The third kappa shape index (κ3) is 4.88. The van der Waals surface area contributed by atoms with Gasteiger partial charge in [-0.3, -0.25) is 4.79 Å². The van der Waals surface area contributed by atoms with E-state index < -0.39 is 0 Å². The van der Waals surface area contributed by atoms with E-state index in [1.54, 1.807) is 6.07 Å². The highest BCUT2D eigenvalue weighted by Gasteiger charge is 2.20. The zero-order valence-corrected chi connectivity index (χ0v) is 16.3. The molecule has 0 unspecified atom stereocenters. The fourth-order valence-electron chi connectivity index (χ4n) is 3.86. The zero-order valence-electron chi connectivity index (χ0n) is 16.3. The van der Waals surface area contributed by atoms with Crippen LogP contribution < -0.4 is 10.6 Å². The summed E-state index contributed by atoms with van der Waals surface area (Å²) in [4.78, 5) is 20.8. The molecule has 150 valence electrons. The summed E-state index contributed by atoms with van der Waals surface area (Å²) in [7, 11) is 0. The van der Waals surface area contributed by atoms with E-state index in [1.807, 2.05) is 24.3 Å². The van der Waals surface area contributed by atoms with Crippen LogP contribution in [0, 0.1) is 11.7 Å². The van der Waals surface area contributed by atoms with Crippen molar-refractivity contribution >= 4 is 28.3 Å². The van der Waals surface area contributed by atoms with E-state index in [4.69, 9.17) is 0 Å². The lowest BCUT2D eigenvalue weighted by atomic mass is 9.88. The molecular weight excluding hydrogens is 367 g/mol. The van der Waals surface area contributed by atoms with E-state index in [-0.39, 0.29) is 17.6 Å². The number of carbonyl (C=O) groups is 1. The summed E-state index contributed by atoms with van der Waals surface area (Å²) in [6.45, 7) is 0.663. The van der Waals surface area contributed by atoms with E-state index in [0.29, 0.717) is 23.3 Å². The minimum Gasteiger partial charge on any atom is -0.369 e. The smallest absolute Gasteiger partial charge is 0.227 e. The average molecular weight is 392 g/mol. The molecule has 0 bridgehead atoms. The van der Waals surface area contributed by atoms with Crippen molar-refractivity contribution in [3.63, 3.8) is 0 Å². The van der Waals surface area contributed by atoms with Gasteiger partial charge in [0.05, 0.1) is 5.52 Å². The Bertz CT molecular complexity index is 984. The van der Waals surface area contributed by atoms with E-state index in [9.17, 15) is 9.18 Å². The maximum absolute atomic E-state index is 13.5. The molecule has 29 heavy (non-hydrogen) atoms. The van der Waals surface area contributed by atoms with Gasteiger partial charge in [0.15, 0.2) is 0 Å². The molecule has 1 saturated carbocycles. The van der Waals surface area contributed by atoms with Gasteiger partial charge >= 0.3 is 0 Å². The van der Waals surface area contributed by atoms with Gasteiger partial charge in [-0.2, -0.15) is 0 Å². The minimum absolute atomic E-state index is 0.141. The number of nitrogens with one attached hydrogen (secondary N) is 2. The highest BCUT2D eigenvalue weighted by Crippen LogP contribution is 2.25. The highest BCUT2D eigenvalue weighted by molar-refractivity contribution is 5.92. The van der Waals surface area contributed by atoms with E-state index in [1.165, 1.54) is 24.9 Å². The van der Waals surface area contributed by atoms with Crippen LogP contribution in [0.4, 0.5) is 15.9 Å². The second-order valence-electron chi connectivity index (χ2n) is 7.58. The molecule has 1 fully saturated rings. The summed E-state index contributed by atoms with van der Waals surface area (Å²) in [6, 6.07) is 12.4. The fourth-order valence-corrected chi connectivity index (χ4v) is 3.86. The first-order valence-corrected chi connectivity index (χ1v) is 10.2. The molecule has 1 aliphatic carbocycles. The monoisotopic (exact) mass is 392 g/mol. The molecule has 1 aliphatic rings. The van der Waals surface area contributed by atoms with Crippen LogP contribution in [0.3, 0.4) is 0 Å². The van der Waals surface area contributed by atoms with Crippen molar-refractivity contribution in [2.45, 2.75) is 38.5 Å². The van der Waals surface area contributed by atoms with Crippen LogP contribution in [0.5, 0.6) is 0 Å². The summed E-state index contributed by atoms with van der Waals surface area (Å²) in [6.07, 6.45) is 7.81. The number of hydrogen-bond donors (Lipinski definition) is 2. The van der Waals surface area contributed by atoms with Gasteiger partial charge in [-0.1, -0.05) is 31.4 Å². The summed E-state index contributed by atoms with van der Waals surface area (Å²) in [5.41, 5.74) is 2.70. The van der Waals surface area contributed by atoms with Gasteiger partial charge in [0, 0.05) is 23.5 Å². The number of halogens is 1. The molecular formula is C23H25FN4O. The van der Waals surface area contributed by atoms with Gasteiger partial charge in [0.25, 0.3) is 0 Å². The Labute approximate surface area is 169 Å². The second kappa shape index (κ2) is 8.99. The van der Waals surface area contributed by atoms with Gasteiger partial charge in [0.1, 0.15) is 18.0 Å². The van der Waals surface area contributed by atoms with Gasteiger partial charge < -0.3 is 10.6 Å². The molecule has 0 radical (unpaired) electrons. The van der Waals surface area contributed by atoms with Gasteiger partial charge in [-0.05, 0) is 55.2 Å². The number of amides is 1. The Balaban J connectivity index is 1.32. The number of rotatable bonds is 6. The van der Waals surface area contributed by atoms with Crippen molar-refractivity contribution in [1.82, 2.24) is 9.97 Å². The summed E-state index contributed by atoms with van der Waals surface area (Å²) in [5, 5.41) is 6.98. The molecule has 0 atom stereocenters. The average Bonchev–Trinajstić information content (AvgIpc) is 2.76. The summed E-state index contributed by atoms with van der Waals surface area (Å²) >= 11 is 0. The van der Waals surface area contributed by atoms with Crippen molar-refractivity contribution in [2.75, 3.05) is 17.2 Å². The molecule has 4 rings (SSSR count). The Morgan fingerprint density at radius 3 is 2.62 bits per heavy atom. The fraction of sp³-hybridized carbons (Fsp3) is 0.348. The standard InChI is InChI=1S/C23H25FN4O/c24-18-8-11-21-20(14-18)22(27-15-26-21)25-13-12-16-6-9-19(10-7-16)28-23(29)17-4-2-1-3-5-17/h6-11,14-15,17H,1-5,12-13H2,(H,28,29)(H,25,26,27). The van der Waals surface area contributed by atoms with Gasteiger partial charge in [0.2, 0.25) is 5.91 Å². The van der Waals surface area contributed by atoms with Crippen molar-refractivity contribution in [3.05, 3.63) is 60.2 Å². The first-order chi connectivity index (χ1) is 14.2. The maximum Gasteiger partial charge on any atom is 0.227 e. The molecule has 0 aliphatic heterocycles. The predicted octanol–water partition coefficient (Wildman–Crippen LogP) is 4.94. The van der Waals surface area contributed by atoms with Gasteiger partial charge in [-0.15, -0.1) is 0 Å². The molecule has 1 amide bonds. The molecule has 0 saturated heterocycles. The van der Waals surface area contributed by atoms with Crippen LogP contribution in [0.25, 0.3) is 10.9 Å². The Morgan fingerprint density at radius 1 is 1.03 bits per heavy atom. The van der Waals surface area contributed by atoms with Crippen molar-refractivity contribution in [1.29, 1.82) is 0 Å². The molecule has 2 N–H and O–H groups in total. The van der Waals surface area contributed by atoms with Crippen molar-refractivity contribution in [3.8, 4) is 0 Å². The molecule has 1 heterocycles. The number of nitrogens with zero attached hydrogens (tertiary/aromatic N) is 2. The van der Waals surface area contributed by atoms with Crippen LogP contribution in [0.1, 0.15) is 37.7 Å². The first kappa shape index (κ1) is 19.3. The molecule has 0 spiro atoms. The number of hydrogen-bond acceptors (Lipinski definition) is 4. The van der Waals surface area contributed by atoms with Crippen LogP contribution in [0.15, 0.2) is 48.8 Å². The molecule has 2 aromatic carbocycles. The highest BCUT2D eigenvalue weighted by atomic mass is 19.1. The van der Waals surface area contributed by atoms with E-state index >= 15 is 0 Å². The molecule has 3 aromatic rings. The third-order valence-corrected chi connectivity index (χ3v) is 5.50.